The standard InChI is InChI=1S/C18H28N4/c1-6-18(3,4)13-20-17-16(14(2)21-22(17)5)19-12-15-10-8-7-9-11-15/h7-11,19-20H,6,12-13H2,1-5H3. The van der Waals surface area contributed by atoms with Crippen molar-refractivity contribution in [3.8, 4) is 0 Å². The quantitative estimate of drug-likeness (QED) is 0.805. The van der Waals surface area contributed by atoms with Crippen molar-refractivity contribution in [3.05, 3.63) is 41.6 Å². The van der Waals surface area contributed by atoms with Gasteiger partial charge in [0, 0.05) is 20.1 Å². The van der Waals surface area contributed by atoms with Crippen molar-refractivity contribution in [3.63, 3.8) is 0 Å². The largest absolute Gasteiger partial charge is 0.376 e. The summed E-state index contributed by atoms with van der Waals surface area (Å²) >= 11 is 0. The van der Waals surface area contributed by atoms with Crippen molar-refractivity contribution >= 4 is 11.5 Å². The highest BCUT2D eigenvalue weighted by atomic mass is 15.3. The maximum Gasteiger partial charge on any atom is 0.148 e. The Kier molecular flexibility index (Phi) is 5.11. The Bertz CT molecular complexity index is 599. The van der Waals surface area contributed by atoms with E-state index in [1.54, 1.807) is 0 Å². The van der Waals surface area contributed by atoms with Crippen LogP contribution in [0.5, 0.6) is 0 Å². The molecule has 4 nitrogen and oxygen atoms in total. The van der Waals surface area contributed by atoms with Crippen molar-refractivity contribution in [2.45, 2.75) is 40.7 Å². The number of rotatable bonds is 7. The van der Waals surface area contributed by atoms with Crippen LogP contribution in [0.3, 0.4) is 0 Å². The van der Waals surface area contributed by atoms with Gasteiger partial charge in [-0.1, -0.05) is 51.1 Å². The lowest BCUT2D eigenvalue weighted by Crippen LogP contribution is -2.23. The summed E-state index contributed by atoms with van der Waals surface area (Å²) in [5.41, 5.74) is 3.66. The van der Waals surface area contributed by atoms with E-state index >= 15 is 0 Å². The second kappa shape index (κ2) is 6.86. The third-order valence-electron chi connectivity index (χ3n) is 4.23. The second-order valence-electron chi connectivity index (χ2n) is 6.64. The van der Waals surface area contributed by atoms with Gasteiger partial charge in [-0.2, -0.15) is 5.10 Å². The van der Waals surface area contributed by atoms with Gasteiger partial charge in [-0.25, -0.2) is 0 Å². The van der Waals surface area contributed by atoms with Gasteiger partial charge >= 0.3 is 0 Å². The first-order valence-electron chi connectivity index (χ1n) is 7.98. The molecule has 0 amide bonds. The average molecular weight is 300 g/mol. The molecule has 0 saturated heterocycles. The number of anilines is 2. The molecule has 2 rings (SSSR count). The Morgan fingerprint density at radius 1 is 1.14 bits per heavy atom. The topological polar surface area (TPSA) is 41.9 Å². The van der Waals surface area contributed by atoms with Gasteiger partial charge in [-0.15, -0.1) is 0 Å². The molecule has 0 unspecified atom stereocenters. The van der Waals surface area contributed by atoms with E-state index in [0.29, 0.717) is 0 Å². The van der Waals surface area contributed by atoms with E-state index in [2.05, 4.69) is 60.8 Å². The van der Waals surface area contributed by atoms with Gasteiger partial charge in [0.2, 0.25) is 0 Å². The smallest absolute Gasteiger partial charge is 0.148 e. The Morgan fingerprint density at radius 3 is 2.45 bits per heavy atom. The average Bonchev–Trinajstić information content (AvgIpc) is 2.77. The minimum absolute atomic E-state index is 0.273. The Balaban J connectivity index is 2.10. The first kappa shape index (κ1) is 16.4. The van der Waals surface area contributed by atoms with Crippen LogP contribution >= 0.6 is 0 Å². The van der Waals surface area contributed by atoms with Gasteiger partial charge in [-0.05, 0) is 24.3 Å². The molecule has 0 bridgehead atoms. The van der Waals surface area contributed by atoms with E-state index in [9.17, 15) is 0 Å². The van der Waals surface area contributed by atoms with Gasteiger partial charge in [0.25, 0.3) is 0 Å². The fourth-order valence-corrected chi connectivity index (χ4v) is 2.31. The first-order chi connectivity index (χ1) is 10.4. The van der Waals surface area contributed by atoms with Gasteiger partial charge in [-0.3, -0.25) is 4.68 Å². The molecule has 1 aromatic heterocycles. The molecular weight excluding hydrogens is 272 g/mol. The monoisotopic (exact) mass is 300 g/mol. The lowest BCUT2D eigenvalue weighted by Gasteiger charge is -2.24. The number of hydrogen-bond donors (Lipinski definition) is 2. The maximum atomic E-state index is 4.54. The van der Waals surface area contributed by atoms with Crippen LogP contribution in [-0.2, 0) is 13.6 Å². The normalized spacial score (nSPS) is 11.5. The van der Waals surface area contributed by atoms with E-state index in [1.165, 1.54) is 5.56 Å². The molecule has 0 fully saturated rings. The number of hydrogen-bond acceptors (Lipinski definition) is 3. The van der Waals surface area contributed by atoms with Crippen LogP contribution in [-0.4, -0.2) is 16.3 Å². The summed E-state index contributed by atoms with van der Waals surface area (Å²) in [7, 11) is 1.99. The van der Waals surface area contributed by atoms with Crippen LogP contribution in [0, 0.1) is 12.3 Å². The number of benzene rings is 1. The number of nitrogens with zero attached hydrogens (tertiary/aromatic N) is 2. The fraction of sp³-hybridized carbons (Fsp3) is 0.500. The second-order valence-corrected chi connectivity index (χ2v) is 6.64. The van der Waals surface area contributed by atoms with Crippen LogP contribution in [0.2, 0.25) is 0 Å². The van der Waals surface area contributed by atoms with E-state index in [0.717, 1.165) is 36.7 Å². The Morgan fingerprint density at radius 2 is 1.82 bits per heavy atom. The summed E-state index contributed by atoms with van der Waals surface area (Å²) < 4.78 is 1.92. The van der Waals surface area contributed by atoms with Crippen LogP contribution in [0.4, 0.5) is 11.5 Å². The molecule has 0 aliphatic carbocycles. The summed E-state index contributed by atoms with van der Waals surface area (Å²) in [6, 6.07) is 10.4. The van der Waals surface area contributed by atoms with Gasteiger partial charge in [0.05, 0.1) is 5.69 Å². The third-order valence-corrected chi connectivity index (χ3v) is 4.23. The highest BCUT2D eigenvalue weighted by Crippen LogP contribution is 2.28. The van der Waals surface area contributed by atoms with E-state index in [1.807, 2.05) is 24.7 Å². The summed E-state index contributed by atoms with van der Waals surface area (Å²) in [5.74, 6) is 1.06. The predicted octanol–water partition coefficient (Wildman–Crippen LogP) is 4.19. The third kappa shape index (κ3) is 4.03. The van der Waals surface area contributed by atoms with E-state index in [-0.39, 0.29) is 5.41 Å². The SMILES string of the molecule is CCC(C)(C)CNc1c(NCc2ccccc2)c(C)nn1C. The molecule has 2 N–H and O–H groups in total. The number of nitrogens with one attached hydrogen (secondary N) is 2. The molecule has 0 spiro atoms. The molecule has 0 saturated carbocycles. The first-order valence-corrected chi connectivity index (χ1v) is 7.98. The van der Waals surface area contributed by atoms with Crippen LogP contribution in [0.15, 0.2) is 30.3 Å². The van der Waals surface area contributed by atoms with Crippen molar-refractivity contribution in [1.82, 2.24) is 9.78 Å². The lowest BCUT2D eigenvalue weighted by atomic mass is 9.90. The summed E-state index contributed by atoms with van der Waals surface area (Å²) in [4.78, 5) is 0. The van der Waals surface area contributed by atoms with E-state index < -0.39 is 0 Å². The summed E-state index contributed by atoms with van der Waals surface area (Å²) in [6.45, 7) is 10.6. The molecular formula is C18H28N4. The lowest BCUT2D eigenvalue weighted by molar-refractivity contribution is 0.376. The molecule has 120 valence electrons. The zero-order valence-corrected chi connectivity index (χ0v) is 14.4. The molecule has 0 aliphatic heterocycles. The number of aryl methyl sites for hydroxylation is 2. The summed E-state index contributed by atoms with van der Waals surface area (Å²) in [5, 5.41) is 11.6. The number of aromatic nitrogens is 2. The zero-order valence-electron chi connectivity index (χ0n) is 14.4. The highest BCUT2D eigenvalue weighted by Gasteiger charge is 2.18. The maximum absolute atomic E-state index is 4.54. The zero-order chi connectivity index (χ0) is 16.2. The molecule has 22 heavy (non-hydrogen) atoms. The van der Waals surface area contributed by atoms with Gasteiger partial charge in [0.1, 0.15) is 11.5 Å². The Hall–Kier alpha value is -1.97. The van der Waals surface area contributed by atoms with Crippen molar-refractivity contribution in [2.24, 2.45) is 12.5 Å². The van der Waals surface area contributed by atoms with Crippen molar-refractivity contribution in [2.75, 3.05) is 17.2 Å². The van der Waals surface area contributed by atoms with Crippen LogP contribution < -0.4 is 10.6 Å². The Labute approximate surface area is 133 Å². The highest BCUT2D eigenvalue weighted by molar-refractivity contribution is 5.68. The fourth-order valence-electron chi connectivity index (χ4n) is 2.31. The molecule has 1 heterocycles. The van der Waals surface area contributed by atoms with E-state index in [4.69, 9.17) is 0 Å². The summed E-state index contributed by atoms with van der Waals surface area (Å²) in [6.07, 6.45) is 1.14. The molecule has 0 radical (unpaired) electrons. The molecule has 0 atom stereocenters. The predicted molar refractivity (Wildman–Crippen MR) is 94.3 cm³/mol. The minimum atomic E-state index is 0.273. The van der Waals surface area contributed by atoms with Crippen LogP contribution in [0.25, 0.3) is 0 Å². The molecule has 1 aromatic carbocycles. The van der Waals surface area contributed by atoms with Crippen LogP contribution in [0.1, 0.15) is 38.4 Å². The van der Waals surface area contributed by atoms with Gasteiger partial charge in [0.15, 0.2) is 0 Å². The molecule has 4 heteroatoms. The minimum Gasteiger partial charge on any atom is -0.376 e. The van der Waals surface area contributed by atoms with Crippen molar-refractivity contribution < 1.29 is 0 Å². The molecule has 2 aromatic rings. The molecule has 0 aliphatic rings. The van der Waals surface area contributed by atoms with Gasteiger partial charge < -0.3 is 10.6 Å². The van der Waals surface area contributed by atoms with Crippen molar-refractivity contribution in [1.29, 1.82) is 0 Å².